The van der Waals surface area contributed by atoms with Gasteiger partial charge in [-0.3, -0.25) is 0 Å². The first-order valence-corrected chi connectivity index (χ1v) is 7.10. The summed E-state index contributed by atoms with van der Waals surface area (Å²) in [6.45, 7) is 0.457. The zero-order valence-electron chi connectivity index (χ0n) is 11.0. The highest BCUT2D eigenvalue weighted by molar-refractivity contribution is 9.10. The summed E-state index contributed by atoms with van der Waals surface area (Å²) in [6, 6.07) is 12.1. The molecule has 2 N–H and O–H groups in total. The Morgan fingerprint density at radius 3 is 2.62 bits per heavy atom. The van der Waals surface area contributed by atoms with E-state index >= 15 is 0 Å². The molecule has 0 aliphatic carbocycles. The van der Waals surface area contributed by atoms with Crippen LogP contribution in [0.15, 0.2) is 53.3 Å². The van der Waals surface area contributed by atoms with E-state index in [9.17, 15) is 4.39 Å². The highest BCUT2D eigenvalue weighted by atomic mass is 79.9. The zero-order valence-corrected chi connectivity index (χ0v) is 12.6. The normalized spacial score (nSPS) is 10.8. The predicted octanol–water partition coefficient (Wildman–Crippen LogP) is 3.48. The molecule has 0 spiro atoms. The summed E-state index contributed by atoms with van der Waals surface area (Å²) in [4.78, 5) is 4.26. The van der Waals surface area contributed by atoms with Gasteiger partial charge >= 0.3 is 0 Å². The number of rotatable bonds is 3. The summed E-state index contributed by atoms with van der Waals surface area (Å²) >= 11 is 3.28. The number of aromatic nitrogens is 3. The average Bonchev–Trinajstić information content (AvgIpc) is 2.87. The molecule has 3 rings (SSSR count). The number of hydrogen-bond acceptors (Lipinski definition) is 3. The molecule has 1 aromatic heterocycles. The molecule has 0 aliphatic heterocycles. The molecule has 0 bridgehead atoms. The second-order valence-corrected chi connectivity index (χ2v) is 5.58. The van der Waals surface area contributed by atoms with Crippen LogP contribution in [-0.4, -0.2) is 14.8 Å². The number of anilines is 1. The highest BCUT2D eigenvalue weighted by Gasteiger charge is 2.06. The fourth-order valence-electron chi connectivity index (χ4n) is 2.02. The molecule has 21 heavy (non-hydrogen) atoms. The van der Waals surface area contributed by atoms with E-state index in [2.05, 4.69) is 26.0 Å². The smallest absolute Gasteiger partial charge is 0.181 e. The molecule has 0 saturated carbocycles. The van der Waals surface area contributed by atoms with Crippen LogP contribution in [0.5, 0.6) is 0 Å². The molecular formula is C15H12BrFN4. The Morgan fingerprint density at radius 2 is 1.90 bits per heavy atom. The van der Waals surface area contributed by atoms with Crippen molar-refractivity contribution in [3.8, 4) is 11.4 Å². The van der Waals surface area contributed by atoms with Gasteiger partial charge in [-0.15, -0.1) is 0 Å². The van der Waals surface area contributed by atoms with Crippen LogP contribution in [0.1, 0.15) is 5.56 Å². The van der Waals surface area contributed by atoms with Crippen molar-refractivity contribution >= 4 is 21.6 Å². The minimum Gasteiger partial charge on any atom is -0.399 e. The summed E-state index contributed by atoms with van der Waals surface area (Å²) in [5, 5.41) is 4.39. The quantitative estimate of drug-likeness (QED) is 0.738. The molecule has 0 radical (unpaired) electrons. The van der Waals surface area contributed by atoms with Gasteiger partial charge in [0.25, 0.3) is 0 Å². The van der Waals surface area contributed by atoms with Crippen LogP contribution in [0, 0.1) is 5.82 Å². The van der Waals surface area contributed by atoms with Crippen LogP contribution in [0.2, 0.25) is 0 Å². The molecule has 6 heteroatoms. The number of nitrogens with zero attached hydrogens (tertiary/aromatic N) is 3. The van der Waals surface area contributed by atoms with E-state index in [4.69, 9.17) is 5.73 Å². The fourth-order valence-corrected chi connectivity index (χ4v) is 2.54. The summed E-state index contributed by atoms with van der Waals surface area (Å²) in [5.74, 6) is 0.337. The molecule has 1 heterocycles. The highest BCUT2D eigenvalue weighted by Crippen LogP contribution is 2.18. The second kappa shape index (κ2) is 5.65. The van der Waals surface area contributed by atoms with E-state index < -0.39 is 0 Å². The number of nitrogens with two attached hydrogens (primary N) is 1. The summed E-state index contributed by atoms with van der Waals surface area (Å²) in [6.07, 6.45) is 1.63. The van der Waals surface area contributed by atoms with Gasteiger partial charge in [0, 0.05) is 15.7 Å². The molecule has 4 nitrogen and oxygen atoms in total. The average molecular weight is 347 g/mol. The van der Waals surface area contributed by atoms with Crippen LogP contribution < -0.4 is 5.73 Å². The lowest BCUT2D eigenvalue weighted by atomic mass is 10.2. The monoisotopic (exact) mass is 346 g/mol. The van der Waals surface area contributed by atoms with Crippen molar-refractivity contribution < 1.29 is 4.39 Å². The minimum absolute atomic E-state index is 0.279. The van der Waals surface area contributed by atoms with Crippen molar-refractivity contribution in [1.29, 1.82) is 0 Å². The molecule has 3 aromatic rings. The second-order valence-electron chi connectivity index (χ2n) is 4.67. The van der Waals surface area contributed by atoms with E-state index in [1.165, 1.54) is 12.1 Å². The Morgan fingerprint density at radius 1 is 1.14 bits per heavy atom. The third-order valence-corrected chi connectivity index (χ3v) is 3.43. The molecule has 0 aliphatic rings. The van der Waals surface area contributed by atoms with Gasteiger partial charge in [0.2, 0.25) is 0 Å². The number of nitrogen functional groups attached to an aromatic ring is 1. The van der Waals surface area contributed by atoms with Crippen molar-refractivity contribution in [2.75, 3.05) is 5.73 Å². The third kappa shape index (κ3) is 3.28. The van der Waals surface area contributed by atoms with Gasteiger partial charge in [0.15, 0.2) is 5.82 Å². The van der Waals surface area contributed by atoms with Crippen LogP contribution in [0.4, 0.5) is 10.1 Å². The lowest BCUT2D eigenvalue weighted by Gasteiger charge is -2.02. The molecule has 0 unspecified atom stereocenters. The van der Waals surface area contributed by atoms with Crippen molar-refractivity contribution in [2.24, 2.45) is 0 Å². The molecule has 0 saturated heterocycles. The van der Waals surface area contributed by atoms with Gasteiger partial charge in [-0.1, -0.05) is 15.9 Å². The Hall–Kier alpha value is -2.21. The standard InChI is InChI=1S/C15H12BrFN4/c16-12-5-10(6-13(17)7-12)8-21-9-19-15(20-21)11-1-3-14(18)4-2-11/h1-7,9H,8,18H2. The predicted molar refractivity (Wildman–Crippen MR) is 83.1 cm³/mol. The first-order chi connectivity index (χ1) is 10.1. The van der Waals surface area contributed by atoms with Gasteiger partial charge in [-0.25, -0.2) is 14.1 Å². The van der Waals surface area contributed by atoms with Crippen molar-refractivity contribution in [3.05, 3.63) is 64.6 Å². The van der Waals surface area contributed by atoms with Gasteiger partial charge in [-0.05, 0) is 48.0 Å². The Labute approximate surface area is 129 Å². The minimum atomic E-state index is -0.279. The summed E-state index contributed by atoms with van der Waals surface area (Å²) in [5.41, 5.74) is 8.06. The molecular weight excluding hydrogens is 335 g/mol. The Balaban J connectivity index is 1.83. The maximum absolute atomic E-state index is 13.4. The van der Waals surface area contributed by atoms with E-state index in [1.807, 2.05) is 18.2 Å². The van der Waals surface area contributed by atoms with Gasteiger partial charge < -0.3 is 5.73 Å². The largest absolute Gasteiger partial charge is 0.399 e. The van der Waals surface area contributed by atoms with Crippen LogP contribution >= 0.6 is 15.9 Å². The number of halogens is 2. The van der Waals surface area contributed by atoms with Crippen LogP contribution in [0.25, 0.3) is 11.4 Å². The molecule has 0 amide bonds. The molecule has 2 aromatic carbocycles. The first-order valence-electron chi connectivity index (χ1n) is 6.30. The third-order valence-electron chi connectivity index (χ3n) is 2.97. The first kappa shape index (κ1) is 13.8. The summed E-state index contributed by atoms with van der Waals surface area (Å²) in [7, 11) is 0. The van der Waals surface area contributed by atoms with Crippen molar-refractivity contribution in [3.63, 3.8) is 0 Å². The maximum Gasteiger partial charge on any atom is 0.181 e. The zero-order chi connectivity index (χ0) is 14.8. The van der Waals surface area contributed by atoms with E-state index in [0.29, 0.717) is 22.5 Å². The lowest BCUT2D eigenvalue weighted by Crippen LogP contribution is -2.01. The van der Waals surface area contributed by atoms with Crippen LogP contribution in [0.3, 0.4) is 0 Å². The van der Waals surface area contributed by atoms with Crippen LogP contribution in [-0.2, 0) is 6.54 Å². The number of hydrogen-bond donors (Lipinski definition) is 1. The molecule has 0 atom stereocenters. The van der Waals surface area contributed by atoms with Gasteiger partial charge in [0.1, 0.15) is 12.1 Å². The Kier molecular flexibility index (Phi) is 3.70. The topological polar surface area (TPSA) is 56.7 Å². The van der Waals surface area contributed by atoms with E-state index in [0.717, 1.165) is 11.1 Å². The fraction of sp³-hybridized carbons (Fsp3) is 0.0667. The number of benzene rings is 2. The lowest BCUT2D eigenvalue weighted by molar-refractivity contribution is 0.618. The Bertz CT molecular complexity index is 747. The van der Waals surface area contributed by atoms with E-state index in [-0.39, 0.29) is 5.82 Å². The maximum atomic E-state index is 13.4. The van der Waals surface area contributed by atoms with Gasteiger partial charge in [-0.2, -0.15) is 5.10 Å². The van der Waals surface area contributed by atoms with Gasteiger partial charge in [0.05, 0.1) is 6.54 Å². The SMILES string of the molecule is Nc1ccc(-c2ncn(Cc3cc(F)cc(Br)c3)n2)cc1. The summed E-state index contributed by atoms with van der Waals surface area (Å²) < 4.78 is 15.7. The van der Waals surface area contributed by atoms with Crippen molar-refractivity contribution in [1.82, 2.24) is 14.8 Å². The molecule has 106 valence electrons. The van der Waals surface area contributed by atoms with Crippen molar-refractivity contribution in [2.45, 2.75) is 6.54 Å². The molecule has 0 fully saturated rings. The van der Waals surface area contributed by atoms with E-state index in [1.54, 1.807) is 23.1 Å².